The number of rotatable bonds is 7. The molecule has 1 amide bonds. The quantitative estimate of drug-likeness (QED) is 0.335. The summed E-state index contributed by atoms with van der Waals surface area (Å²) < 4.78 is 37.7. The molecule has 1 heterocycles. The van der Waals surface area contributed by atoms with Crippen LogP contribution >= 0.6 is 11.6 Å². The lowest BCUT2D eigenvalue weighted by Gasteiger charge is -2.11. The summed E-state index contributed by atoms with van der Waals surface area (Å²) in [5.41, 5.74) is 1.64. The van der Waals surface area contributed by atoms with Crippen molar-refractivity contribution in [2.75, 3.05) is 5.32 Å². The Labute approximate surface area is 211 Å². The summed E-state index contributed by atoms with van der Waals surface area (Å²) in [5.74, 6) is -1.34. The molecule has 0 unspecified atom stereocenters. The summed E-state index contributed by atoms with van der Waals surface area (Å²) in [5, 5.41) is 8.27. The Bertz CT molecular complexity index is 1560. The molecule has 0 saturated carbocycles. The second-order valence-electron chi connectivity index (χ2n) is 7.84. The first kappa shape index (κ1) is 25.2. The molecule has 0 saturated heterocycles. The second-order valence-corrected chi connectivity index (χ2v) is 9.80. The highest BCUT2D eigenvalue weighted by atomic mass is 35.5. The number of ketones is 1. The number of Topliss-reactive ketones (excluding diaryl/α,β-unsaturated/α-hetero) is 1. The Kier molecular flexibility index (Phi) is 7.25. The van der Waals surface area contributed by atoms with Crippen LogP contribution in [0.15, 0.2) is 90.0 Å². The number of pyridine rings is 1. The van der Waals surface area contributed by atoms with Gasteiger partial charge in [0.25, 0.3) is 5.91 Å². The van der Waals surface area contributed by atoms with Crippen LogP contribution in [0, 0.1) is 5.82 Å². The standard InChI is InChI=1S/C26H19ClFN3O4S/c27-19-10-12-25(30-15-19)31-26(33)22-14-20(28)11-9-18(22)13-23(32)17-7-5-16(6-8-17)21-3-1-2-4-24(21)36(29,34)35/h1-12,14-15H,13H2,(H2,29,34,35)(H,30,31,33). The highest BCUT2D eigenvalue weighted by Gasteiger charge is 2.18. The van der Waals surface area contributed by atoms with Crippen LogP contribution in [0.3, 0.4) is 0 Å². The summed E-state index contributed by atoms with van der Waals surface area (Å²) in [6.45, 7) is 0. The zero-order valence-corrected chi connectivity index (χ0v) is 20.2. The molecule has 7 nitrogen and oxygen atoms in total. The lowest BCUT2D eigenvalue weighted by molar-refractivity contribution is 0.0992. The van der Waals surface area contributed by atoms with Crippen LogP contribution in [0.25, 0.3) is 11.1 Å². The number of halogens is 2. The van der Waals surface area contributed by atoms with E-state index in [1.54, 1.807) is 48.5 Å². The highest BCUT2D eigenvalue weighted by Crippen LogP contribution is 2.27. The van der Waals surface area contributed by atoms with Gasteiger partial charge in [-0.1, -0.05) is 60.1 Å². The number of benzene rings is 3. The summed E-state index contributed by atoms with van der Waals surface area (Å²) in [4.78, 5) is 29.7. The summed E-state index contributed by atoms with van der Waals surface area (Å²) >= 11 is 5.80. The Morgan fingerprint density at radius 2 is 1.69 bits per heavy atom. The van der Waals surface area contributed by atoms with Crippen LogP contribution in [0.4, 0.5) is 10.2 Å². The van der Waals surface area contributed by atoms with Crippen LogP contribution in [0.2, 0.25) is 5.02 Å². The number of nitrogens with two attached hydrogens (primary N) is 1. The van der Waals surface area contributed by atoms with Gasteiger partial charge in [-0.3, -0.25) is 9.59 Å². The largest absolute Gasteiger partial charge is 0.307 e. The number of amides is 1. The number of hydrogen-bond acceptors (Lipinski definition) is 5. The number of anilines is 1. The molecule has 4 rings (SSSR count). The first-order chi connectivity index (χ1) is 17.1. The van der Waals surface area contributed by atoms with E-state index < -0.39 is 21.7 Å². The Morgan fingerprint density at radius 1 is 0.972 bits per heavy atom. The molecule has 0 spiro atoms. The van der Waals surface area contributed by atoms with Gasteiger partial charge < -0.3 is 5.32 Å². The summed E-state index contributed by atoms with van der Waals surface area (Å²) in [6.07, 6.45) is 1.20. The summed E-state index contributed by atoms with van der Waals surface area (Å²) in [6, 6.07) is 19.3. The van der Waals surface area contributed by atoms with Gasteiger partial charge in [0.2, 0.25) is 10.0 Å². The molecule has 3 N–H and O–H groups in total. The van der Waals surface area contributed by atoms with Gasteiger partial charge in [-0.2, -0.15) is 0 Å². The van der Waals surface area contributed by atoms with Gasteiger partial charge in [-0.25, -0.2) is 22.9 Å². The maximum absolute atomic E-state index is 13.9. The van der Waals surface area contributed by atoms with Crippen molar-refractivity contribution in [1.82, 2.24) is 4.98 Å². The van der Waals surface area contributed by atoms with Crippen LogP contribution < -0.4 is 10.5 Å². The number of primary sulfonamides is 1. The molecule has 0 aliphatic carbocycles. The van der Waals surface area contributed by atoms with Crippen LogP contribution in [0.5, 0.6) is 0 Å². The number of carbonyl (C=O) groups is 2. The third-order valence-corrected chi connectivity index (χ3v) is 6.54. The monoisotopic (exact) mass is 523 g/mol. The highest BCUT2D eigenvalue weighted by molar-refractivity contribution is 7.89. The van der Waals surface area contributed by atoms with Crippen molar-refractivity contribution in [2.24, 2.45) is 5.14 Å². The van der Waals surface area contributed by atoms with Gasteiger partial charge in [-0.15, -0.1) is 0 Å². The minimum absolute atomic E-state index is 0.00111. The van der Waals surface area contributed by atoms with Gasteiger partial charge in [0, 0.05) is 29.3 Å². The molecule has 36 heavy (non-hydrogen) atoms. The normalized spacial score (nSPS) is 11.2. The van der Waals surface area contributed by atoms with Crippen molar-refractivity contribution in [3.8, 4) is 11.1 Å². The van der Waals surface area contributed by atoms with Gasteiger partial charge in [0.05, 0.1) is 9.92 Å². The molecule has 1 aromatic heterocycles. The molecule has 0 fully saturated rings. The summed E-state index contributed by atoms with van der Waals surface area (Å²) in [7, 11) is -3.94. The smallest absolute Gasteiger partial charge is 0.257 e. The fourth-order valence-electron chi connectivity index (χ4n) is 3.61. The first-order valence-corrected chi connectivity index (χ1v) is 12.5. The number of sulfonamides is 1. The Hall–Kier alpha value is -3.92. The molecule has 3 aromatic carbocycles. The van der Waals surface area contributed by atoms with Crippen molar-refractivity contribution < 1.29 is 22.4 Å². The van der Waals surface area contributed by atoms with E-state index in [-0.39, 0.29) is 28.5 Å². The van der Waals surface area contributed by atoms with E-state index >= 15 is 0 Å². The molecular weight excluding hydrogens is 505 g/mol. The SMILES string of the molecule is NS(=O)(=O)c1ccccc1-c1ccc(C(=O)Cc2ccc(F)cc2C(=O)Nc2ccc(Cl)cn2)cc1. The molecule has 182 valence electrons. The fourth-order valence-corrected chi connectivity index (χ4v) is 4.48. The van der Waals surface area contributed by atoms with Crippen molar-refractivity contribution in [3.05, 3.63) is 113 Å². The lowest BCUT2D eigenvalue weighted by atomic mass is 9.96. The van der Waals surface area contributed by atoms with E-state index in [2.05, 4.69) is 10.3 Å². The number of nitrogens with zero attached hydrogens (tertiary/aromatic N) is 1. The van der Waals surface area contributed by atoms with E-state index in [9.17, 15) is 22.4 Å². The lowest BCUT2D eigenvalue weighted by Crippen LogP contribution is -2.17. The minimum Gasteiger partial charge on any atom is -0.307 e. The zero-order valence-electron chi connectivity index (χ0n) is 18.6. The first-order valence-electron chi connectivity index (χ1n) is 10.6. The van der Waals surface area contributed by atoms with Gasteiger partial charge in [0.15, 0.2) is 5.78 Å². The molecule has 10 heteroatoms. The maximum atomic E-state index is 13.9. The average molecular weight is 524 g/mol. The third kappa shape index (κ3) is 5.83. The van der Waals surface area contributed by atoms with Crippen LogP contribution in [-0.4, -0.2) is 25.1 Å². The topological polar surface area (TPSA) is 119 Å². The molecule has 0 atom stereocenters. The fraction of sp³-hybridized carbons (Fsp3) is 0.0385. The minimum atomic E-state index is -3.94. The van der Waals surface area contributed by atoms with Gasteiger partial charge >= 0.3 is 0 Å². The maximum Gasteiger partial charge on any atom is 0.257 e. The predicted octanol–water partition coefficient (Wildman–Crippen LogP) is 4.87. The molecule has 4 aromatic rings. The number of aromatic nitrogens is 1. The van der Waals surface area contributed by atoms with Crippen molar-refractivity contribution >= 4 is 39.1 Å². The van der Waals surface area contributed by atoms with E-state index in [1.807, 2.05) is 0 Å². The molecular formula is C26H19ClFN3O4S. The molecule has 0 aliphatic heterocycles. The molecule has 0 radical (unpaired) electrons. The Morgan fingerprint density at radius 3 is 2.36 bits per heavy atom. The number of carbonyl (C=O) groups excluding carboxylic acids is 2. The van der Waals surface area contributed by atoms with Gasteiger partial charge in [0.1, 0.15) is 11.6 Å². The van der Waals surface area contributed by atoms with E-state index in [1.165, 1.54) is 30.5 Å². The van der Waals surface area contributed by atoms with Crippen molar-refractivity contribution in [3.63, 3.8) is 0 Å². The Balaban J connectivity index is 1.56. The molecule has 0 bridgehead atoms. The van der Waals surface area contributed by atoms with E-state index in [0.717, 1.165) is 6.07 Å². The third-order valence-electron chi connectivity index (χ3n) is 5.35. The van der Waals surface area contributed by atoms with Crippen molar-refractivity contribution in [1.29, 1.82) is 0 Å². The second kappa shape index (κ2) is 10.4. The van der Waals surface area contributed by atoms with Crippen LogP contribution in [0.1, 0.15) is 26.3 Å². The number of hydrogen-bond donors (Lipinski definition) is 2. The van der Waals surface area contributed by atoms with Gasteiger partial charge in [-0.05, 0) is 41.5 Å². The molecule has 0 aliphatic rings. The number of nitrogens with one attached hydrogen (secondary N) is 1. The predicted molar refractivity (Wildman–Crippen MR) is 135 cm³/mol. The van der Waals surface area contributed by atoms with Crippen molar-refractivity contribution in [2.45, 2.75) is 11.3 Å². The zero-order chi connectivity index (χ0) is 25.9. The van der Waals surface area contributed by atoms with Crippen LogP contribution in [-0.2, 0) is 16.4 Å². The average Bonchev–Trinajstić information content (AvgIpc) is 2.86. The van der Waals surface area contributed by atoms with E-state index in [0.29, 0.717) is 27.3 Å². The van der Waals surface area contributed by atoms with E-state index in [4.69, 9.17) is 16.7 Å².